The average Bonchev–Trinajstić information content (AvgIpc) is 2.79. The van der Waals surface area contributed by atoms with E-state index in [4.69, 9.17) is 0 Å². The normalized spacial score (nSPS) is 16.4. The quantitative estimate of drug-likeness (QED) is 0.942. The molecule has 0 radical (unpaired) electrons. The van der Waals surface area contributed by atoms with Crippen LogP contribution in [0.3, 0.4) is 0 Å². The lowest BCUT2D eigenvalue weighted by molar-refractivity contribution is 0.249. The van der Waals surface area contributed by atoms with Crippen molar-refractivity contribution in [2.75, 3.05) is 31.1 Å². The van der Waals surface area contributed by atoms with Crippen molar-refractivity contribution in [2.24, 2.45) is 0 Å². The molecule has 0 aliphatic carbocycles. The molecular weight excluding hydrogens is 267 g/mol. The van der Waals surface area contributed by atoms with Crippen LogP contribution in [-0.2, 0) is 6.54 Å². The summed E-state index contributed by atoms with van der Waals surface area (Å²) in [6.07, 6.45) is 0. The van der Waals surface area contributed by atoms with Gasteiger partial charge in [-0.1, -0.05) is 12.1 Å². The molecule has 0 amide bonds. The van der Waals surface area contributed by atoms with Crippen molar-refractivity contribution in [3.05, 3.63) is 47.0 Å². The number of piperazine rings is 1. The van der Waals surface area contributed by atoms with Crippen LogP contribution in [0, 0.1) is 19.7 Å². The minimum atomic E-state index is -0.157. The summed E-state index contributed by atoms with van der Waals surface area (Å²) >= 11 is 0. The number of rotatable bonds is 3. The Kier molecular flexibility index (Phi) is 3.92. The highest BCUT2D eigenvalue weighted by molar-refractivity contribution is 5.54. The van der Waals surface area contributed by atoms with E-state index in [1.165, 1.54) is 11.8 Å². The first-order valence-corrected chi connectivity index (χ1v) is 7.37. The number of nitrogens with one attached hydrogen (secondary N) is 1. The molecule has 0 saturated carbocycles. The van der Waals surface area contributed by atoms with E-state index < -0.39 is 0 Å². The highest BCUT2D eigenvalue weighted by Gasteiger charge is 2.21. The van der Waals surface area contributed by atoms with Crippen molar-refractivity contribution < 1.29 is 4.39 Å². The van der Waals surface area contributed by atoms with Crippen LogP contribution < -0.4 is 4.90 Å². The molecule has 1 aromatic carbocycles. The lowest BCUT2D eigenvalue weighted by atomic mass is 10.2. The molecule has 0 spiro atoms. The number of nitrogens with zero attached hydrogens (tertiary/aromatic N) is 3. The zero-order valence-corrected chi connectivity index (χ0v) is 12.6. The Balaban J connectivity index is 1.60. The summed E-state index contributed by atoms with van der Waals surface area (Å²) in [4.78, 5) is 4.76. The summed E-state index contributed by atoms with van der Waals surface area (Å²) in [5.74, 6) is -0.157. The highest BCUT2D eigenvalue weighted by Crippen LogP contribution is 2.23. The van der Waals surface area contributed by atoms with Gasteiger partial charge in [-0.25, -0.2) is 4.39 Å². The highest BCUT2D eigenvalue weighted by atomic mass is 19.1. The molecule has 5 heteroatoms. The van der Waals surface area contributed by atoms with Crippen LogP contribution in [-0.4, -0.2) is 41.3 Å². The third-order valence-electron chi connectivity index (χ3n) is 4.07. The predicted octanol–water partition coefficient (Wildman–Crippen LogP) is 2.49. The lowest BCUT2D eigenvalue weighted by Gasteiger charge is -2.36. The second-order valence-corrected chi connectivity index (χ2v) is 5.68. The monoisotopic (exact) mass is 288 g/mol. The number of hydrogen-bond acceptors (Lipinski definition) is 3. The fourth-order valence-corrected chi connectivity index (χ4v) is 3.03. The summed E-state index contributed by atoms with van der Waals surface area (Å²) in [7, 11) is 0. The van der Waals surface area contributed by atoms with Crippen LogP contribution in [0.5, 0.6) is 0 Å². The molecule has 0 unspecified atom stereocenters. The fourth-order valence-electron chi connectivity index (χ4n) is 3.03. The maximum atomic E-state index is 13.2. The molecule has 1 aliphatic rings. The van der Waals surface area contributed by atoms with Gasteiger partial charge in [-0.3, -0.25) is 10.00 Å². The minimum absolute atomic E-state index is 0.157. The zero-order valence-electron chi connectivity index (χ0n) is 12.6. The number of halogens is 1. The number of hydrogen-bond donors (Lipinski definition) is 1. The van der Waals surface area contributed by atoms with Crippen LogP contribution in [0.2, 0.25) is 0 Å². The van der Waals surface area contributed by atoms with Crippen molar-refractivity contribution in [1.82, 2.24) is 15.1 Å². The zero-order chi connectivity index (χ0) is 14.8. The number of anilines is 1. The fraction of sp³-hybridized carbons (Fsp3) is 0.438. The Hall–Kier alpha value is -1.88. The van der Waals surface area contributed by atoms with Gasteiger partial charge in [0.1, 0.15) is 5.82 Å². The topological polar surface area (TPSA) is 35.2 Å². The lowest BCUT2D eigenvalue weighted by Crippen LogP contribution is -2.46. The van der Waals surface area contributed by atoms with Gasteiger partial charge in [0.25, 0.3) is 0 Å². The Morgan fingerprint density at radius 1 is 1.19 bits per heavy atom. The van der Waals surface area contributed by atoms with E-state index in [9.17, 15) is 4.39 Å². The van der Waals surface area contributed by atoms with Crippen molar-refractivity contribution in [3.8, 4) is 0 Å². The van der Waals surface area contributed by atoms with E-state index >= 15 is 0 Å². The first-order valence-electron chi connectivity index (χ1n) is 7.37. The number of H-pyrrole nitrogens is 1. The third kappa shape index (κ3) is 3.08. The largest absolute Gasteiger partial charge is 0.366 e. The van der Waals surface area contributed by atoms with Crippen molar-refractivity contribution in [3.63, 3.8) is 0 Å². The van der Waals surface area contributed by atoms with E-state index in [1.54, 1.807) is 12.1 Å². The molecule has 2 heterocycles. The number of aromatic nitrogens is 2. The Morgan fingerprint density at radius 3 is 2.57 bits per heavy atom. The summed E-state index contributed by atoms with van der Waals surface area (Å²) in [5.41, 5.74) is 4.47. The van der Waals surface area contributed by atoms with Gasteiger partial charge in [0.15, 0.2) is 0 Å². The molecule has 0 bridgehead atoms. The van der Waals surface area contributed by atoms with Gasteiger partial charge in [0.05, 0.1) is 17.1 Å². The van der Waals surface area contributed by atoms with Gasteiger partial charge < -0.3 is 4.90 Å². The molecule has 1 aromatic heterocycles. The molecular formula is C16H21FN4. The van der Waals surface area contributed by atoms with Gasteiger partial charge in [0, 0.05) is 32.7 Å². The number of benzene rings is 1. The van der Waals surface area contributed by atoms with E-state index in [0.29, 0.717) is 0 Å². The van der Waals surface area contributed by atoms with E-state index in [-0.39, 0.29) is 5.82 Å². The predicted molar refractivity (Wildman–Crippen MR) is 82.0 cm³/mol. The maximum absolute atomic E-state index is 13.2. The first-order chi connectivity index (χ1) is 10.1. The molecule has 1 N–H and O–H groups in total. The Labute approximate surface area is 124 Å². The summed E-state index contributed by atoms with van der Waals surface area (Å²) in [5, 5.41) is 7.31. The molecule has 1 aliphatic heterocycles. The minimum Gasteiger partial charge on any atom is -0.366 e. The van der Waals surface area contributed by atoms with E-state index in [2.05, 4.69) is 26.9 Å². The first kappa shape index (κ1) is 14.1. The third-order valence-corrected chi connectivity index (χ3v) is 4.07. The summed E-state index contributed by atoms with van der Waals surface area (Å²) in [6.45, 7) is 8.86. The average molecular weight is 288 g/mol. The molecule has 112 valence electrons. The van der Waals surface area contributed by atoms with Gasteiger partial charge in [-0.05, 0) is 31.5 Å². The number of aryl methyl sites for hydroxylation is 2. The molecule has 2 aromatic rings. The smallest absolute Gasteiger partial charge is 0.123 e. The number of aromatic amines is 1. The van der Waals surface area contributed by atoms with Crippen molar-refractivity contribution in [2.45, 2.75) is 20.4 Å². The standard InChI is InChI=1S/C16H21FN4/c1-12-16(13(2)19-18-12)21-8-6-20(7-9-21)11-14-4-3-5-15(17)10-14/h3-5,10H,6-9,11H2,1-2H3,(H,18,19). The second-order valence-electron chi connectivity index (χ2n) is 5.68. The van der Waals surface area contributed by atoms with Crippen molar-refractivity contribution in [1.29, 1.82) is 0 Å². The summed E-state index contributed by atoms with van der Waals surface area (Å²) < 4.78 is 13.2. The summed E-state index contributed by atoms with van der Waals surface area (Å²) in [6, 6.07) is 6.88. The van der Waals surface area contributed by atoms with Crippen LogP contribution >= 0.6 is 0 Å². The SMILES string of the molecule is Cc1n[nH]c(C)c1N1CCN(Cc2cccc(F)c2)CC1. The Bertz CT molecular complexity index is 595. The van der Waals surface area contributed by atoms with Gasteiger partial charge in [-0.2, -0.15) is 5.10 Å². The molecule has 21 heavy (non-hydrogen) atoms. The maximum Gasteiger partial charge on any atom is 0.123 e. The molecule has 3 rings (SSSR count). The van der Waals surface area contributed by atoms with Crippen LogP contribution in [0.25, 0.3) is 0 Å². The van der Waals surface area contributed by atoms with Crippen LogP contribution in [0.1, 0.15) is 17.0 Å². The van der Waals surface area contributed by atoms with E-state index in [0.717, 1.165) is 49.7 Å². The van der Waals surface area contributed by atoms with Crippen LogP contribution in [0.4, 0.5) is 10.1 Å². The second kappa shape index (κ2) is 5.85. The van der Waals surface area contributed by atoms with Crippen molar-refractivity contribution >= 4 is 5.69 Å². The molecule has 4 nitrogen and oxygen atoms in total. The Morgan fingerprint density at radius 2 is 1.95 bits per heavy atom. The van der Waals surface area contributed by atoms with Gasteiger partial charge in [-0.15, -0.1) is 0 Å². The van der Waals surface area contributed by atoms with Crippen LogP contribution in [0.15, 0.2) is 24.3 Å². The molecule has 1 saturated heterocycles. The van der Waals surface area contributed by atoms with Gasteiger partial charge >= 0.3 is 0 Å². The molecule has 0 atom stereocenters. The van der Waals surface area contributed by atoms with E-state index in [1.807, 2.05) is 13.0 Å². The van der Waals surface area contributed by atoms with Gasteiger partial charge in [0.2, 0.25) is 0 Å². The molecule has 1 fully saturated rings.